The predicted octanol–water partition coefficient (Wildman–Crippen LogP) is 4.39. The number of hydrogen-bond acceptors (Lipinski definition) is 5. The van der Waals surface area contributed by atoms with Gasteiger partial charge < -0.3 is 9.64 Å². The van der Waals surface area contributed by atoms with Gasteiger partial charge in [-0.15, -0.1) is 0 Å². The Hall–Kier alpha value is -2.45. The van der Waals surface area contributed by atoms with Gasteiger partial charge in [-0.05, 0) is 45.2 Å². The van der Waals surface area contributed by atoms with E-state index in [0.717, 1.165) is 23.4 Å². The van der Waals surface area contributed by atoms with Crippen molar-refractivity contribution in [3.05, 3.63) is 54.2 Å². The van der Waals surface area contributed by atoms with Gasteiger partial charge in [0, 0.05) is 30.3 Å². The van der Waals surface area contributed by atoms with Crippen LogP contribution in [0.4, 0.5) is 4.79 Å². The molecule has 1 N–H and O–H groups in total. The Kier molecular flexibility index (Phi) is 8.86. The smallest absolute Gasteiger partial charge is 0.410 e. The molecule has 0 saturated carbocycles. The number of aromatic nitrogens is 1. The lowest BCUT2D eigenvalue weighted by atomic mass is 9.93. The average Bonchev–Trinajstić information content (AvgIpc) is 2.79. The van der Waals surface area contributed by atoms with Crippen LogP contribution in [0.5, 0.6) is 0 Å². The van der Waals surface area contributed by atoms with Crippen molar-refractivity contribution in [2.45, 2.75) is 71.1 Å². The first-order chi connectivity index (χ1) is 15.8. The van der Waals surface area contributed by atoms with Crippen LogP contribution >= 0.6 is 0 Å². The molecule has 0 spiro atoms. The molecule has 2 aromatic rings. The average molecular weight is 474 g/mol. The number of carbonyl (C=O) groups excluding carboxylic acids is 1. The fourth-order valence-corrected chi connectivity index (χ4v) is 5.67. The lowest BCUT2D eigenvalue weighted by molar-refractivity contribution is 0.0459. The zero-order chi connectivity index (χ0) is 23.8. The van der Waals surface area contributed by atoms with Crippen molar-refractivity contribution >= 4 is 16.1 Å². The van der Waals surface area contributed by atoms with Crippen LogP contribution in [0.2, 0.25) is 0 Å². The van der Waals surface area contributed by atoms with E-state index in [1.54, 1.807) is 4.90 Å². The summed E-state index contributed by atoms with van der Waals surface area (Å²) in [5.74, 6) is 0.0882. The number of hydrogen-bond donors (Lipinski definition) is 1. The molecule has 1 aliphatic heterocycles. The summed E-state index contributed by atoms with van der Waals surface area (Å²) in [7, 11) is -3.44. The zero-order valence-corrected chi connectivity index (χ0v) is 20.6. The van der Waals surface area contributed by atoms with Crippen LogP contribution in [0.25, 0.3) is 11.3 Å². The Morgan fingerprint density at radius 3 is 2.64 bits per heavy atom. The standard InChI is InChI=1S/C25H35N3O4S/c1-4-5-17-33(30,31)27-23-15-10-16-28(25(29)32-19(2)3)24(23)18-21-13-9-14-22(26-21)20-11-7-6-8-12-20/h6-9,11-14,19,23-24,27H,4-5,10,15-18H2,1-3H3/t23-,24-/m0/s1. The van der Waals surface area contributed by atoms with Crippen molar-refractivity contribution in [1.29, 1.82) is 0 Å². The molecule has 1 aromatic carbocycles. The van der Waals surface area contributed by atoms with Crippen LogP contribution in [-0.4, -0.2) is 54.9 Å². The van der Waals surface area contributed by atoms with Crippen molar-refractivity contribution in [2.24, 2.45) is 0 Å². The number of sulfonamides is 1. The third kappa shape index (κ3) is 7.27. The molecule has 1 saturated heterocycles. The largest absolute Gasteiger partial charge is 0.447 e. The molecule has 2 atom stereocenters. The van der Waals surface area contributed by atoms with Crippen LogP contribution < -0.4 is 4.72 Å². The number of carbonyl (C=O) groups is 1. The van der Waals surface area contributed by atoms with Crippen LogP contribution in [0, 0.1) is 0 Å². The molecule has 0 unspecified atom stereocenters. The van der Waals surface area contributed by atoms with E-state index in [2.05, 4.69) is 4.72 Å². The number of rotatable bonds is 9. The van der Waals surface area contributed by atoms with Gasteiger partial charge in [0.25, 0.3) is 0 Å². The Balaban J connectivity index is 1.88. The van der Waals surface area contributed by atoms with Gasteiger partial charge in [0.2, 0.25) is 10.0 Å². The number of likely N-dealkylation sites (tertiary alicyclic amines) is 1. The van der Waals surface area contributed by atoms with Gasteiger partial charge in [-0.1, -0.05) is 49.7 Å². The highest BCUT2D eigenvalue weighted by Gasteiger charge is 2.37. The molecule has 1 amide bonds. The minimum Gasteiger partial charge on any atom is -0.447 e. The predicted molar refractivity (Wildman–Crippen MR) is 130 cm³/mol. The minimum atomic E-state index is -3.44. The summed E-state index contributed by atoms with van der Waals surface area (Å²) in [4.78, 5) is 19.4. The number of unbranched alkanes of at least 4 members (excludes halogenated alkanes) is 1. The van der Waals surface area contributed by atoms with Crippen molar-refractivity contribution < 1.29 is 17.9 Å². The van der Waals surface area contributed by atoms with Gasteiger partial charge in [-0.2, -0.15) is 0 Å². The number of nitrogens with zero attached hydrogens (tertiary/aromatic N) is 2. The maximum atomic E-state index is 12.9. The van der Waals surface area contributed by atoms with E-state index in [-0.39, 0.29) is 23.9 Å². The van der Waals surface area contributed by atoms with Crippen LogP contribution in [0.1, 0.15) is 52.1 Å². The van der Waals surface area contributed by atoms with E-state index >= 15 is 0 Å². The molecule has 1 fully saturated rings. The first kappa shape index (κ1) is 25.2. The maximum Gasteiger partial charge on any atom is 0.410 e. The van der Waals surface area contributed by atoms with Gasteiger partial charge in [0.05, 0.1) is 23.6 Å². The number of pyridine rings is 1. The van der Waals surface area contributed by atoms with E-state index in [1.165, 1.54) is 0 Å². The Bertz CT molecular complexity index is 1010. The third-order valence-corrected chi connectivity index (χ3v) is 7.23. The normalized spacial score (nSPS) is 19.0. The zero-order valence-electron chi connectivity index (χ0n) is 19.7. The monoisotopic (exact) mass is 473 g/mol. The second kappa shape index (κ2) is 11.6. The number of benzene rings is 1. The van der Waals surface area contributed by atoms with Crippen LogP contribution in [0.3, 0.4) is 0 Å². The van der Waals surface area contributed by atoms with Gasteiger partial charge in [0.15, 0.2) is 0 Å². The molecule has 7 nitrogen and oxygen atoms in total. The summed E-state index contributed by atoms with van der Waals surface area (Å²) >= 11 is 0. The van der Waals surface area contributed by atoms with E-state index < -0.39 is 16.1 Å². The van der Waals surface area contributed by atoms with E-state index in [9.17, 15) is 13.2 Å². The Labute approximate surface area is 197 Å². The van der Waals surface area contributed by atoms with Crippen molar-refractivity contribution in [1.82, 2.24) is 14.6 Å². The maximum absolute atomic E-state index is 12.9. The number of nitrogens with one attached hydrogen (secondary N) is 1. The summed E-state index contributed by atoms with van der Waals surface area (Å²) in [5.41, 5.74) is 2.67. The highest BCUT2D eigenvalue weighted by molar-refractivity contribution is 7.89. The lowest BCUT2D eigenvalue weighted by Crippen LogP contribution is -2.58. The van der Waals surface area contributed by atoms with Gasteiger partial charge >= 0.3 is 6.09 Å². The molecule has 3 rings (SSSR count). The molecule has 2 heterocycles. The summed E-state index contributed by atoms with van der Waals surface area (Å²) in [6.45, 7) is 6.12. The summed E-state index contributed by atoms with van der Waals surface area (Å²) in [6, 6.07) is 15.0. The number of piperidine rings is 1. The fraction of sp³-hybridized carbons (Fsp3) is 0.520. The second-order valence-corrected chi connectivity index (χ2v) is 10.7. The quantitative estimate of drug-likeness (QED) is 0.584. The molecule has 8 heteroatoms. The molecule has 1 aromatic heterocycles. The number of ether oxygens (including phenoxy) is 1. The lowest BCUT2D eigenvalue weighted by Gasteiger charge is -2.41. The van der Waals surface area contributed by atoms with Crippen LogP contribution in [-0.2, 0) is 21.2 Å². The van der Waals surface area contributed by atoms with Gasteiger partial charge in [0.1, 0.15) is 0 Å². The van der Waals surface area contributed by atoms with Crippen molar-refractivity contribution in [3.8, 4) is 11.3 Å². The highest BCUT2D eigenvalue weighted by atomic mass is 32.2. The van der Waals surface area contributed by atoms with E-state index in [0.29, 0.717) is 32.2 Å². The Morgan fingerprint density at radius 2 is 1.94 bits per heavy atom. The second-order valence-electron chi connectivity index (χ2n) is 8.82. The fourth-order valence-electron chi connectivity index (χ4n) is 4.14. The molecule has 33 heavy (non-hydrogen) atoms. The third-order valence-electron chi connectivity index (χ3n) is 5.74. The molecule has 0 aliphatic carbocycles. The molecule has 0 radical (unpaired) electrons. The summed E-state index contributed by atoms with van der Waals surface area (Å²) < 4.78 is 33.7. The Morgan fingerprint density at radius 1 is 1.18 bits per heavy atom. The molecule has 180 valence electrons. The van der Waals surface area contributed by atoms with Crippen molar-refractivity contribution in [3.63, 3.8) is 0 Å². The van der Waals surface area contributed by atoms with Crippen LogP contribution in [0.15, 0.2) is 48.5 Å². The molecule has 0 bridgehead atoms. The summed E-state index contributed by atoms with van der Waals surface area (Å²) in [5, 5.41) is 0. The van der Waals surface area contributed by atoms with Gasteiger partial charge in [-0.25, -0.2) is 17.9 Å². The SMILES string of the molecule is CCCCS(=O)(=O)N[C@H]1CCCN(C(=O)OC(C)C)[C@H]1Cc1cccc(-c2ccccc2)n1. The number of amides is 1. The van der Waals surface area contributed by atoms with E-state index in [1.807, 2.05) is 69.3 Å². The highest BCUT2D eigenvalue weighted by Crippen LogP contribution is 2.24. The molecular weight excluding hydrogens is 438 g/mol. The summed E-state index contributed by atoms with van der Waals surface area (Å²) in [6.07, 6.45) is 2.56. The topological polar surface area (TPSA) is 88.6 Å². The van der Waals surface area contributed by atoms with Gasteiger partial charge in [-0.3, -0.25) is 4.98 Å². The van der Waals surface area contributed by atoms with Crippen molar-refractivity contribution in [2.75, 3.05) is 12.3 Å². The van der Waals surface area contributed by atoms with E-state index in [4.69, 9.17) is 9.72 Å². The first-order valence-corrected chi connectivity index (χ1v) is 13.4. The minimum absolute atomic E-state index is 0.0882. The molecular formula is C25H35N3O4S. The first-order valence-electron chi connectivity index (χ1n) is 11.8. The molecule has 1 aliphatic rings.